The molecule has 0 aromatic heterocycles. The number of methoxy groups -OCH3 is 1. The maximum absolute atomic E-state index is 13.4. The van der Waals surface area contributed by atoms with Crippen LogP contribution in [0.1, 0.15) is 52.9 Å². The number of aliphatic hydroxyl groups is 3. The molecule has 1 amide bonds. The molecule has 9 nitrogen and oxygen atoms in total. The standard InChI is InChI=1S/C23H42N2O7S/c1-6-7-8-9-14-10-15(25(11-14)12-16(26)31-4)22(30)24-17(13(2)3)21-19(28)18(27)20(29)23(32-21)33-5/h13-15,17-21,23,27-29H,6-12H2,1-5H3,(H,24,30). The molecule has 10 heteroatoms. The van der Waals surface area contributed by atoms with Crippen molar-refractivity contribution in [3.63, 3.8) is 0 Å². The molecule has 2 aliphatic rings. The zero-order valence-electron chi connectivity index (χ0n) is 20.5. The van der Waals surface area contributed by atoms with E-state index < -0.39 is 41.9 Å². The number of rotatable bonds is 11. The van der Waals surface area contributed by atoms with E-state index in [9.17, 15) is 24.9 Å². The van der Waals surface area contributed by atoms with Crippen LogP contribution in [-0.4, -0.2) is 100 Å². The van der Waals surface area contributed by atoms with Crippen molar-refractivity contribution in [1.82, 2.24) is 10.2 Å². The molecule has 2 heterocycles. The van der Waals surface area contributed by atoms with Crippen molar-refractivity contribution in [1.29, 1.82) is 0 Å². The molecule has 0 radical (unpaired) electrons. The number of nitrogens with zero attached hydrogens (tertiary/aromatic N) is 1. The average Bonchev–Trinajstić information content (AvgIpc) is 3.18. The van der Waals surface area contributed by atoms with Crippen molar-refractivity contribution in [2.45, 2.75) is 94.8 Å². The van der Waals surface area contributed by atoms with E-state index in [1.54, 1.807) is 6.26 Å². The first-order chi connectivity index (χ1) is 15.6. The second-order valence-corrected chi connectivity index (χ2v) is 10.5. The molecule has 0 aliphatic carbocycles. The molecule has 8 unspecified atom stereocenters. The molecule has 0 saturated carbocycles. The van der Waals surface area contributed by atoms with Crippen molar-refractivity contribution >= 4 is 23.6 Å². The van der Waals surface area contributed by atoms with Crippen LogP contribution in [0.5, 0.6) is 0 Å². The van der Waals surface area contributed by atoms with E-state index in [1.807, 2.05) is 18.7 Å². The topological polar surface area (TPSA) is 129 Å². The number of ether oxygens (including phenoxy) is 2. The highest BCUT2D eigenvalue weighted by Crippen LogP contribution is 2.32. The number of nitrogens with one attached hydrogen (secondary N) is 1. The highest BCUT2D eigenvalue weighted by atomic mass is 32.2. The van der Waals surface area contributed by atoms with Gasteiger partial charge in [0.05, 0.1) is 25.7 Å². The number of amides is 1. The summed E-state index contributed by atoms with van der Waals surface area (Å²) in [6.45, 7) is 6.67. The van der Waals surface area contributed by atoms with Crippen LogP contribution in [0.4, 0.5) is 0 Å². The fourth-order valence-corrected chi connectivity index (χ4v) is 5.50. The van der Waals surface area contributed by atoms with Gasteiger partial charge in [0.15, 0.2) is 0 Å². The quantitative estimate of drug-likeness (QED) is 0.245. The number of unbranched alkanes of at least 4 members (excludes halogenated alkanes) is 2. The zero-order chi connectivity index (χ0) is 24.7. The van der Waals surface area contributed by atoms with E-state index in [2.05, 4.69) is 12.2 Å². The Hall–Kier alpha value is -0.910. The molecular weight excluding hydrogens is 448 g/mol. The van der Waals surface area contributed by atoms with E-state index in [1.165, 1.54) is 18.9 Å². The van der Waals surface area contributed by atoms with Gasteiger partial charge < -0.3 is 30.1 Å². The molecule has 0 aromatic carbocycles. The monoisotopic (exact) mass is 490 g/mol. The molecule has 0 aromatic rings. The Morgan fingerprint density at radius 2 is 1.88 bits per heavy atom. The number of esters is 1. The molecule has 0 spiro atoms. The predicted molar refractivity (Wildman–Crippen MR) is 127 cm³/mol. The number of carbonyl (C=O) groups excluding carboxylic acids is 2. The Kier molecular flexibility index (Phi) is 11.4. The number of hydrogen-bond donors (Lipinski definition) is 4. The number of hydrogen-bond acceptors (Lipinski definition) is 9. The predicted octanol–water partition coefficient (Wildman–Crippen LogP) is 0.742. The van der Waals surface area contributed by atoms with Gasteiger partial charge in [-0.15, -0.1) is 11.8 Å². The highest BCUT2D eigenvalue weighted by Gasteiger charge is 2.48. The lowest BCUT2D eigenvalue weighted by molar-refractivity contribution is -0.208. The van der Waals surface area contributed by atoms with Crippen LogP contribution < -0.4 is 5.32 Å². The summed E-state index contributed by atoms with van der Waals surface area (Å²) in [5, 5.41) is 34.1. The smallest absolute Gasteiger partial charge is 0.319 e. The Labute approximate surface area is 201 Å². The van der Waals surface area contributed by atoms with Gasteiger partial charge in [-0.1, -0.05) is 40.0 Å². The molecule has 4 N–H and O–H groups in total. The largest absolute Gasteiger partial charge is 0.468 e. The van der Waals surface area contributed by atoms with Gasteiger partial charge in [0, 0.05) is 6.54 Å². The zero-order valence-corrected chi connectivity index (χ0v) is 21.3. The fourth-order valence-electron chi connectivity index (χ4n) is 4.82. The van der Waals surface area contributed by atoms with Crippen molar-refractivity contribution in [2.75, 3.05) is 26.5 Å². The fraction of sp³-hybridized carbons (Fsp3) is 0.913. The lowest BCUT2D eigenvalue weighted by Crippen LogP contribution is -2.64. The number of thioether (sulfide) groups is 1. The Balaban J connectivity index is 2.15. The normalized spacial score (nSPS) is 33.8. The molecule has 8 atom stereocenters. The highest BCUT2D eigenvalue weighted by molar-refractivity contribution is 7.99. The van der Waals surface area contributed by atoms with Gasteiger partial charge in [-0.05, 0) is 30.9 Å². The van der Waals surface area contributed by atoms with Crippen molar-refractivity contribution in [3.8, 4) is 0 Å². The summed E-state index contributed by atoms with van der Waals surface area (Å²) in [5.41, 5.74) is -0.711. The van der Waals surface area contributed by atoms with Crippen LogP contribution in [0.2, 0.25) is 0 Å². The summed E-state index contributed by atoms with van der Waals surface area (Å²) < 4.78 is 10.7. The van der Waals surface area contributed by atoms with Gasteiger partial charge in [-0.3, -0.25) is 14.5 Å². The van der Waals surface area contributed by atoms with Crippen molar-refractivity contribution < 1.29 is 34.4 Å². The second-order valence-electron chi connectivity index (χ2n) is 9.57. The van der Waals surface area contributed by atoms with Crippen LogP contribution in [0, 0.1) is 11.8 Å². The van der Waals surface area contributed by atoms with Crippen LogP contribution in [0.25, 0.3) is 0 Å². The van der Waals surface area contributed by atoms with E-state index in [0.29, 0.717) is 18.9 Å². The minimum absolute atomic E-state index is 0.0488. The number of carbonyl (C=O) groups is 2. The van der Waals surface area contributed by atoms with Crippen LogP contribution in [0.3, 0.4) is 0 Å². The van der Waals surface area contributed by atoms with Crippen molar-refractivity contribution in [2.24, 2.45) is 11.8 Å². The molecule has 2 rings (SSSR count). The van der Waals surface area contributed by atoms with Gasteiger partial charge in [-0.25, -0.2) is 0 Å². The summed E-state index contributed by atoms with van der Waals surface area (Å²) in [4.78, 5) is 27.2. The van der Waals surface area contributed by atoms with Crippen LogP contribution >= 0.6 is 11.8 Å². The first-order valence-corrected chi connectivity index (χ1v) is 13.3. The SMILES string of the molecule is CCCCCC1CC(C(=O)NC(C(C)C)C2OC(SC)C(O)C(O)C2O)N(CC(=O)OC)C1. The van der Waals surface area contributed by atoms with E-state index in [0.717, 1.165) is 25.7 Å². The third-order valence-electron chi connectivity index (χ3n) is 6.79. The molecule has 2 saturated heterocycles. The Morgan fingerprint density at radius 3 is 2.45 bits per heavy atom. The van der Waals surface area contributed by atoms with E-state index in [-0.39, 0.29) is 24.3 Å². The first kappa shape index (κ1) is 28.3. The van der Waals surface area contributed by atoms with Gasteiger partial charge in [0.1, 0.15) is 29.9 Å². The van der Waals surface area contributed by atoms with Crippen LogP contribution in [0.15, 0.2) is 0 Å². The third-order valence-corrected chi connectivity index (χ3v) is 7.64. The average molecular weight is 491 g/mol. The van der Waals surface area contributed by atoms with E-state index >= 15 is 0 Å². The maximum atomic E-state index is 13.4. The first-order valence-electron chi connectivity index (χ1n) is 12.0. The summed E-state index contributed by atoms with van der Waals surface area (Å²) in [7, 11) is 1.34. The van der Waals surface area contributed by atoms with Gasteiger partial charge in [-0.2, -0.15) is 0 Å². The van der Waals surface area contributed by atoms with Crippen molar-refractivity contribution in [3.05, 3.63) is 0 Å². The van der Waals surface area contributed by atoms with E-state index in [4.69, 9.17) is 9.47 Å². The molecule has 0 bridgehead atoms. The number of likely N-dealkylation sites (tertiary alicyclic amines) is 1. The molecule has 2 aliphatic heterocycles. The summed E-state index contributed by atoms with van der Waals surface area (Å²) in [6.07, 6.45) is 1.96. The lowest BCUT2D eigenvalue weighted by Gasteiger charge is -2.44. The molecule has 192 valence electrons. The van der Waals surface area contributed by atoms with Crippen LogP contribution in [-0.2, 0) is 19.1 Å². The lowest BCUT2D eigenvalue weighted by atomic mass is 9.88. The minimum atomic E-state index is -1.37. The molecule has 2 fully saturated rings. The molecular formula is C23H42N2O7S. The summed E-state index contributed by atoms with van der Waals surface area (Å²) >= 11 is 1.24. The second kappa shape index (κ2) is 13.3. The third kappa shape index (κ3) is 7.29. The molecule has 33 heavy (non-hydrogen) atoms. The van der Waals surface area contributed by atoms with Gasteiger partial charge >= 0.3 is 5.97 Å². The van der Waals surface area contributed by atoms with Gasteiger partial charge in [0.25, 0.3) is 0 Å². The Morgan fingerprint density at radius 1 is 1.18 bits per heavy atom. The maximum Gasteiger partial charge on any atom is 0.319 e. The summed E-state index contributed by atoms with van der Waals surface area (Å²) in [5.74, 6) is -0.390. The summed E-state index contributed by atoms with van der Waals surface area (Å²) in [6, 6.07) is -1.06. The van der Waals surface area contributed by atoms with Gasteiger partial charge in [0.2, 0.25) is 5.91 Å². The Bertz CT molecular complexity index is 636. The minimum Gasteiger partial charge on any atom is -0.468 e. The number of aliphatic hydroxyl groups excluding tert-OH is 3.